The van der Waals surface area contributed by atoms with Crippen molar-refractivity contribution in [3.8, 4) is 5.75 Å². The lowest BCUT2D eigenvalue weighted by atomic mass is 10.1. The van der Waals surface area contributed by atoms with Crippen LogP contribution in [0.15, 0.2) is 18.2 Å². The summed E-state index contributed by atoms with van der Waals surface area (Å²) in [5.41, 5.74) is 8.09. The average Bonchev–Trinajstić information content (AvgIpc) is 2.30. The molecule has 0 unspecified atom stereocenters. The molecule has 0 amide bonds. The summed E-state index contributed by atoms with van der Waals surface area (Å²) in [7, 11) is 2.11. The minimum absolute atomic E-state index is 0.721. The number of nitrogens with zero attached hydrogens (tertiary/aromatic N) is 1. The van der Waals surface area contributed by atoms with Crippen LogP contribution >= 0.6 is 0 Å². The van der Waals surface area contributed by atoms with Crippen LogP contribution in [0, 0.1) is 6.92 Å². The first-order valence-electron chi connectivity index (χ1n) is 6.28. The summed E-state index contributed by atoms with van der Waals surface area (Å²) in [5.74, 6) is 0.992. The second-order valence-electron chi connectivity index (χ2n) is 4.37. The highest BCUT2D eigenvalue weighted by molar-refractivity contribution is 5.36. The summed E-state index contributed by atoms with van der Waals surface area (Å²) in [6.45, 7) is 7.55. The van der Waals surface area contributed by atoms with E-state index in [1.165, 1.54) is 11.1 Å². The quantitative estimate of drug-likeness (QED) is 0.785. The molecule has 0 spiro atoms. The molecular formula is C14H24N2O. The molecule has 0 heterocycles. The normalized spacial score (nSPS) is 10.9. The molecule has 1 aromatic carbocycles. The zero-order valence-electron chi connectivity index (χ0n) is 11.2. The number of hydrogen-bond donors (Lipinski definition) is 1. The van der Waals surface area contributed by atoms with E-state index in [9.17, 15) is 0 Å². The summed E-state index contributed by atoms with van der Waals surface area (Å²) in [5, 5.41) is 0. The van der Waals surface area contributed by atoms with Crippen LogP contribution in [0.4, 0.5) is 0 Å². The van der Waals surface area contributed by atoms with Crippen LogP contribution in [-0.4, -0.2) is 38.2 Å². The van der Waals surface area contributed by atoms with E-state index < -0.39 is 0 Å². The number of likely N-dealkylation sites (N-methyl/N-ethyl adjacent to an activating group) is 1. The molecule has 0 fully saturated rings. The Bertz CT molecular complexity index is 339. The van der Waals surface area contributed by atoms with Crippen molar-refractivity contribution in [3.63, 3.8) is 0 Å². The molecule has 0 saturated heterocycles. The number of ether oxygens (including phenoxy) is 1. The van der Waals surface area contributed by atoms with Gasteiger partial charge in [0.2, 0.25) is 0 Å². The number of rotatable bonds is 7. The maximum absolute atomic E-state index is 5.53. The molecule has 17 heavy (non-hydrogen) atoms. The molecule has 0 bridgehead atoms. The summed E-state index contributed by atoms with van der Waals surface area (Å²) in [6.07, 6.45) is 1.06. The first kappa shape index (κ1) is 14.0. The number of aryl methyl sites for hydroxylation is 1. The minimum Gasteiger partial charge on any atom is -0.494 e. The standard InChI is InChI=1S/C14H24N2O/c1-4-17-14-6-5-13(11-12(14)2)7-9-16(3)10-8-15/h5-6,11H,4,7-10,15H2,1-3H3. The zero-order chi connectivity index (χ0) is 12.7. The van der Waals surface area contributed by atoms with Crippen molar-refractivity contribution in [1.29, 1.82) is 0 Å². The van der Waals surface area contributed by atoms with Crippen LogP contribution in [0.3, 0.4) is 0 Å². The van der Waals surface area contributed by atoms with Crippen molar-refractivity contribution in [3.05, 3.63) is 29.3 Å². The Kier molecular flexibility index (Phi) is 6.01. The van der Waals surface area contributed by atoms with E-state index in [0.29, 0.717) is 0 Å². The third-order valence-electron chi connectivity index (χ3n) is 2.83. The molecule has 1 rings (SSSR count). The van der Waals surface area contributed by atoms with Crippen LogP contribution in [0.1, 0.15) is 18.1 Å². The second kappa shape index (κ2) is 7.30. The van der Waals surface area contributed by atoms with Gasteiger partial charge >= 0.3 is 0 Å². The van der Waals surface area contributed by atoms with Gasteiger partial charge in [-0.3, -0.25) is 0 Å². The molecule has 2 N–H and O–H groups in total. The van der Waals surface area contributed by atoms with Crippen molar-refractivity contribution >= 4 is 0 Å². The van der Waals surface area contributed by atoms with E-state index in [4.69, 9.17) is 10.5 Å². The molecule has 0 saturated carbocycles. The molecule has 1 aromatic rings. The van der Waals surface area contributed by atoms with Gasteiger partial charge in [-0.25, -0.2) is 0 Å². The van der Waals surface area contributed by atoms with E-state index >= 15 is 0 Å². The number of nitrogens with two attached hydrogens (primary N) is 1. The Labute approximate surface area is 105 Å². The molecule has 3 heteroatoms. The zero-order valence-corrected chi connectivity index (χ0v) is 11.2. The Hall–Kier alpha value is -1.06. The Morgan fingerprint density at radius 3 is 2.65 bits per heavy atom. The highest BCUT2D eigenvalue weighted by atomic mass is 16.5. The number of benzene rings is 1. The summed E-state index contributed by atoms with van der Waals surface area (Å²) in [4.78, 5) is 2.26. The fraction of sp³-hybridized carbons (Fsp3) is 0.571. The maximum atomic E-state index is 5.53. The van der Waals surface area contributed by atoms with E-state index in [2.05, 4.69) is 37.1 Å². The van der Waals surface area contributed by atoms with Crippen LogP contribution in [0.2, 0.25) is 0 Å². The number of hydrogen-bond acceptors (Lipinski definition) is 3. The highest BCUT2D eigenvalue weighted by Crippen LogP contribution is 2.19. The third-order valence-corrected chi connectivity index (χ3v) is 2.83. The lowest BCUT2D eigenvalue weighted by Crippen LogP contribution is -2.27. The van der Waals surface area contributed by atoms with Crippen LogP contribution in [-0.2, 0) is 6.42 Å². The van der Waals surface area contributed by atoms with Gasteiger partial charge < -0.3 is 15.4 Å². The first-order chi connectivity index (χ1) is 8.17. The van der Waals surface area contributed by atoms with Gasteiger partial charge in [-0.2, -0.15) is 0 Å². The lowest BCUT2D eigenvalue weighted by molar-refractivity contribution is 0.337. The predicted molar refractivity (Wildman–Crippen MR) is 72.6 cm³/mol. The van der Waals surface area contributed by atoms with Gasteiger partial charge in [0.05, 0.1) is 6.61 Å². The van der Waals surface area contributed by atoms with E-state index in [1.54, 1.807) is 0 Å². The molecule has 3 nitrogen and oxygen atoms in total. The molecule has 0 atom stereocenters. The topological polar surface area (TPSA) is 38.5 Å². The van der Waals surface area contributed by atoms with Gasteiger partial charge in [0, 0.05) is 19.6 Å². The molecule has 0 aliphatic carbocycles. The van der Waals surface area contributed by atoms with Gasteiger partial charge in [-0.15, -0.1) is 0 Å². The van der Waals surface area contributed by atoms with Gasteiger partial charge in [0.1, 0.15) is 5.75 Å². The molecule has 0 aliphatic rings. The molecular weight excluding hydrogens is 212 g/mol. The van der Waals surface area contributed by atoms with E-state index in [-0.39, 0.29) is 0 Å². The van der Waals surface area contributed by atoms with Gasteiger partial charge in [-0.1, -0.05) is 12.1 Å². The molecule has 0 aromatic heterocycles. The summed E-state index contributed by atoms with van der Waals surface area (Å²) >= 11 is 0. The van der Waals surface area contributed by atoms with Gasteiger partial charge in [-0.05, 0) is 44.5 Å². The minimum atomic E-state index is 0.721. The van der Waals surface area contributed by atoms with Crippen molar-refractivity contribution in [1.82, 2.24) is 4.90 Å². The lowest BCUT2D eigenvalue weighted by Gasteiger charge is -2.15. The fourth-order valence-corrected chi connectivity index (χ4v) is 1.84. The van der Waals surface area contributed by atoms with E-state index in [0.717, 1.165) is 38.4 Å². The second-order valence-corrected chi connectivity index (χ2v) is 4.37. The third kappa shape index (κ3) is 4.75. The van der Waals surface area contributed by atoms with Crippen LogP contribution < -0.4 is 10.5 Å². The summed E-state index contributed by atoms with van der Waals surface area (Å²) in [6, 6.07) is 6.42. The first-order valence-corrected chi connectivity index (χ1v) is 6.28. The monoisotopic (exact) mass is 236 g/mol. The van der Waals surface area contributed by atoms with Gasteiger partial charge in [0.15, 0.2) is 0 Å². The Morgan fingerprint density at radius 1 is 1.29 bits per heavy atom. The largest absolute Gasteiger partial charge is 0.494 e. The Morgan fingerprint density at radius 2 is 2.06 bits per heavy atom. The average molecular weight is 236 g/mol. The summed E-state index contributed by atoms with van der Waals surface area (Å²) < 4.78 is 5.53. The Balaban J connectivity index is 2.52. The van der Waals surface area contributed by atoms with E-state index in [1.807, 2.05) is 6.92 Å². The highest BCUT2D eigenvalue weighted by Gasteiger charge is 2.02. The SMILES string of the molecule is CCOc1ccc(CCN(C)CCN)cc1C. The van der Waals surface area contributed by atoms with Crippen molar-refractivity contribution in [2.24, 2.45) is 5.73 Å². The maximum Gasteiger partial charge on any atom is 0.122 e. The van der Waals surface area contributed by atoms with Gasteiger partial charge in [0.25, 0.3) is 0 Å². The molecule has 96 valence electrons. The molecule has 0 radical (unpaired) electrons. The van der Waals surface area contributed by atoms with Crippen molar-refractivity contribution in [2.45, 2.75) is 20.3 Å². The predicted octanol–water partition coefficient (Wildman–Crippen LogP) is 1.83. The van der Waals surface area contributed by atoms with Crippen LogP contribution in [0.25, 0.3) is 0 Å². The smallest absolute Gasteiger partial charge is 0.122 e. The van der Waals surface area contributed by atoms with Crippen molar-refractivity contribution in [2.75, 3.05) is 33.3 Å². The molecule has 0 aliphatic heterocycles. The van der Waals surface area contributed by atoms with Crippen LogP contribution in [0.5, 0.6) is 5.75 Å². The van der Waals surface area contributed by atoms with Crippen molar-refractivity contribution < 1.29 is 4.74 Å². The fourth-order valence-electron chi connectivity index (χ4n) is 1.84.